The molecule has 1 amide bonds. The van der Waals surface area contributed by atoms with Gasteiger partial charge in [0.1, 0.15) is 0 Å². The lowest BCUT2D eigenvalue weighted by Crippen LogP contribution is -2.56. The van der Waals surface area contributed by atoms with Crippen molar-refractivity contribution < 1.29 is 4.79 Å². The number of rotatable bonds is 1. The van der Waals surface area contributed by atoms with Crippen molar-refractivity contribution in [2.75, 3.05) is 26.2 Å². The van der Waals surface area contributed by atoms with E-state index in [0.29, 0.717) is 13.1 Å². The molecule has 0 aromatic rings. The highest BCUT2D eigenvalue weighted by atomic mass is 16.2. The molecule has 78 valence electrons. The molecular formula is C11H18N2O. The van der Waals surface area contributed by atoms with Gasteiger partial charge in [-0.1, -0.05) is 5.92 Å². The van der Waals surface area contributed by atoms with Crippen LogP contribution in [0.5, 0.6) is 0 Å². The normalized spacial score (nSPS) is 19.6. The summed E-state index contributed by atoms with van der Waals surface area (Å²) in [6, 6.07) is 0. The molecular weight excluding hydrogens is 176 g/mol. The van der Waals surface area contributed by atoms with Crippen LogP contribution in [0.1, 0.15) is 20.8 Å². The van der Waals surface area contributed by atoms with E-state index in [9.17, 15) is 4.79 Å². The highest BCUT2D eigenvalue weighted by molar-refractivity contribution is 5.79. The van der Waals surface area contributed by atoms with Gasteiger partial charge in [0, 0.05) is 18.6 Å². The number of carbonyl (C=O) groups is 1. The Morgan fingerprint density at radius 2 is 2.07 bits per heavy atom. The molecule has 0 saturated carbocycles. The third-order valence-corrected chi connectivity index (χ3v) is 2.55. The standard InChI is InChI=1S/C11H18N2O/c1-5-6-12-7-8-13(9-10(12)14)11(2,3)4/h1H,6-9H2,2-4H3. The quantitative estimate of drug-likeness (QED) is 0.570. The number of amides is 1. The highest BCUT2D eigenvalue weighted by Gasteiger charge is 2.29. The average molecular weight is 194 g/mol. The van der Waals surface area contributed by atoms with Gasteiger partial charge in [-0.15, -0.1) is 6.42 Å². The number of carbonyl (C=O) groups excluding carboxylic acids is 1. The first-order valence-electron chi connectivity index (χ1n) is 4.91. The zero-order chi connectivity index (χ0) is 10.8. The van der Waals surface area contributed by atoms with Crippen molar-refractivity contribution in [3.05, 3.63) is 0 Å². The van der Waals surface area contributed by atoms with Gasteiger partial charge in [-0.2, -0.15) is 0 Å². The molecule has 1 rings (SSSR count). The highest BCUT2D eigenvalue weighted by Crippen LogP contribution is 2.15. The van der Waals surface area contributed by atoms with Crippen LogP contribution in [0.25, 0.3) is 0 Å². The van der Waals surface area contributed by atoms with E-state index in [-0.39, 0.29) is 11.4 Å². The molecule has 1 saturated heterocycles. The fraction of sp³-hybridized carbons (Fsp3) is 0.727. The molecule has 0 radical (unpaired) electrons. The maximum atomic E-state index is 11.6. The number of nitrogens with zero attached hydrogens (tertiary/aromatic N) is 2. The van der Waals surface area contributed by atoms with Gasteiger partial charge in [0.15, 0.2) is 0 Å². The lowest BCUT2D eigenvalue weighted by molar-refractivity contribution is -0.137. The van der Waals surface area contributed by atoms with Crippen LogP contribution in [-0.4, -0.2) is 47.4 Å². The Hall–Kier alpha value is -1.01. The van der Waals surface area contributed by atoms with Crippen molar-refractivity contribution in [1.82, 2.24) is 9.80 Å². The summed E-state index contributed by atoms with van der Waals surface area (Å²) in [7, 11) is 0. The summed E-state index contributed by atoms with van der Waals surface area (Å²) in [5.74, 6) is 2.65. The predicted molar refractivity (Wildman–Crippen MR) is 56.7 cm³/mol. The third-order valence-electron chi connectivity index (χ3n) is 2.55. The molecule has 0 spiro atoms. The average Bonchev–Trinajstić information content (AvgIpc) is 2.07. The van der Waals surface area contributed by atoms with E-state index in [2.05, 4.69) is 31.6 Å². The fourth-order valence-corrected chi connectivity index (χ4v) is 1.56. The molecule has 0 aromatic heterocycles. The van der Waals surface area contributed by atoms with Gasteiger partial charge in [0.25, 0.3) is 0 Å². The molecule has 3 heteroatoms. The van der Waals surface area contributed by atoms with Gasteiger partial charge < -0.3 is 4.90 Å². The van der Waals surface area contributed by atoms with Crippen LogP contribution in [0.2, 0.25) is 0 Å². The van der Waals surface area contributed by atoms with Gasteiger partial charge in [-0.05, 0) is 20.8 Å². The molecule has 14 heavy (non-hydrogen) atoms. The lowest BCUT2D eigenvalue weighted by atomic mass is 10.0. The summed E-state index contributed by atoms with van der Waals surface area (Å²) in [4.78, 5) is 15.6. The maximum absolute atomic E-state index is 11.6. The molecule has 0 N–H and O–H groups in total. The topological polar surface area (TPSA) is 23.6 Å². The molecule has 1 fully saturated rings. The number of terminal acetylenes is 1. The minimum atomic E-state index is 0.0674. The summed E-state index contributed by atoms with van der Waals surface area (Å²) in [5, 5.41) is 0. The zero-order valence-corrected chi connectivity index (χ0v) is 9.21. The van der Waals surface area contributed by atoms with Crippen LogP contribution in [-0.2, 0) is 4.79 Å². The van der Waals surface area contributed by atoms with Crippen LogP contribution in [0, 0.1) is 12.3 Å². The van der Waals surface area contributed by atoms with Crippen LogP contribution in [0.4, 0.5) is 0 Å². The first-order chi connectivity index (χ1) is 6.45. The lowest BCUT2D eigenvalue weighted by Gasteiger charge is -2.41. The van der Waals surface area contributed by atoms with Crippen molar-refractivity contribution in [3.8, 4) is 12.3 Å². The van der Waals surface area contributed by atoms with Crippen molar-refractivity contribution in [2.45, 2.75) is 26.3 Å². The molecule has 1 heterocycles. The summed E-state index contributed by atoms with van der Waals surface area (Å²) >= 11 is 0. The Morgan fingerprint density at radius 1 is 1.43 bits per heavy atom. The minimum Gasteiger partial charge on any atom is -0.329 e. The van der Waals surface area contributed by atoms with Crippen LogP contribution < -0.4 is 0 Å². The summed E-state index contributed by atoms with van der Waals surface area (Å²) in [6.07, 6.45) is 5.18. The number of hydrogen-bond acceptors (Lipinski definition) is 2. The van der Waals surface area contributed by atoms with E-state index >= 15 is 0 Å². The fourth-order valence-electron chi connectivity index (χ4n) is 1.56. The summed E-state index contributed by atoms with van der Waals surface area (Å²) < 4.78 is 0. The Labute approximate surface area is 86.1 Å². The molecule has 0 aliphatic carbocycles. The number of piperazine rings is 1. The van der Waals surface area contributed by atoms with Crippen molar-refractivity contribution in [1.29, 1.82) is 0 Å². The van der Waals surface area contributed by atoms with Gasteiger partial charge in [-0.3, -0.25) is 9.69 Å². The van der Waals surface area contributed by atoms with Gasteiger partial charge in [0.05, 0.1) is 13.1 Å². The third kappa shape index (κ3) is 2.49. The molecule has 0 bridgehead atoms. The molecule has 1 aliphatic heterocycles. The van der Waals surface area contributed by atoms with Crippen molar-refractivity contribution in [3.63, 3.8) is 0 Å². The molecule has 1 aliphatic rings. The van der Waals surface area contributed by atoms with Gasteiger partial charge in [-0.25, -0.2) is 0 Å². The predicted octanol–water partition coefficient (Wildman–Crippen LogP) is 0.562. The molecule has 0 unspecified atom stereocenters. The summed E-state index contributed by atoms with van der Waals surface area (Å²) in [5.41, 5.74) is 0.0674. The Balaban J connectivity index is 2.56. The Bertz CT molecular complexity index is 259. The van der Waals surface area contributed by atoms with E-state index < -0.39 is 0 Å². The van der Waals surface area contributed by atoms with Crippen LogP contribution >= 0.6 is 0 Å². The van der Waals surface area contributed by atoms with Gasteiger partial charge >= 0.3 is 0 Å². The summed E-state index contributed by atoms with van der Waals surface area (Å²) in [6.45, 7) is 8.96. The second-order valence-corrected chi connectivity index (χ2v) is 4.61. The van der Waals surface area contributed by atoms with E-state index in [1.807, 2.05) is 0 Å². The van der Waals surface area contributed by atoms with E-state index in [1.165, 1.54) is 0 Å². The van der Waals surface area contributed by atoms with Crippen molar-refractivity contribution in [2.24, 2.45) is 0 Å². The zero-order valence-electron chi connectivity index (χ0n) is 9.21. The maximum Gasteiger partial charge on any atom is 0.237 e. The Kier molecular flexibility index (Phi) is 3.17. The van der Waals surface area contributed by atoms with Gasteiger partial charge in [0.2, 0.25) is 5.91 Å². The SMILES string of the molecule is C#CCN1CCN(C(C)(C)C)CC1=O. The first-order valence-corrected chi connectivity index (χ1v) is 4.91. The number of hydrogen-bond donors (Lipinski definition) is 0. The molecule has 0 atom stereocenters. The van der Waals surface area contributed by atoms with E-state index in [1.54, 1.807) is 4.90 Å². The second kappa shape index (κ2) is 4.02. The van der Waals surface area contributed by atoms with E-state index in [0.717, 1.165) is 13.1 Å². The minimum absolute atomic E-state index is 0.0674. The smallest absolute Gasteiger partial charge is 0.237 e. The molecule has 3 nitrogen and oxygen atoms in total. The van der Waals surface area contributed by atoms with E-state index in [4.69, 9.17) is 6.42 Å². The van der Waals surface area contributed by atoms with Crippen LogP contribution in [0.15, 0.2) is 0 Å². The van der Waals surface area contributed by atoms with Crippen molar-refractivity contribution >= 4 is 5.91 Å². The monoisotopic (exact) mass is 194 g/mol. The first kappa shape index (κ1) is 11.1. The Morgan fingerprint density at radius 3 is 2.50 bits per heavy atom. The molecule has 0 aromatic carbocycles. The van der Waals surface area contributed by atoms with Crippen LogP contribution in [0.3, 0.4) is 0 Å². The second-order valence-electron chi connectivity index (χ2n) is 4.61. The largest absolute Gasteiger partial charge is 0.329 e.